The average Bonchev–Trinajstić information content (AvgIpc) is 2.39. The molecule has 3 rings (SSSR count). The van der Waals surface area contributed by atoms with Crippen LogP contribution in [0.1, 0.15) is 0 Å². The molecule has 0 saturated carbocycles. The lowest BCUT2D eigenvalue weighted by Gasteiger charge is -2.28. The molecule has 1 aliphatic rings. The molecule has 0 spiro atoms. The second-order valence-electron chi connectivity index (χ2n) is 4.01. The van der Waals surface area contributed by atoms with Crippen LogP contribution < -0.4 is 10.6 Å². The second-order valence-corrected chi connectivity index (χ2v) is 4.01. The third-order valence-corrected chi connectivity index (χ3v) is 2.93. The van der Waals surface area contributed by atoms with E-state index in [9.17, 15) is 4.79 Å². The molecule has 0 atom stereocenters. The number of benzene rings is 1. The number of hydrogen-bond acceptors (Lipinski definition) is 4. The summed E-state index contributed by atoms with van der Waals surface area (Å²) in [6.07, 6.45) is 0. The molecule has 17 heavy (non-hydrogen) atoms. The van der Waals surface area contributed by atoms with Crippen LogP contribution >= 0.6 is 0 Å². The molecule has 2 heterocycles. The van der Waals surface area contributed by atoms with Gasteiger partial charge < -0.3 is 14.6 Å². The number of nitrogens with zero attached hydrogens (tertiary/aromatic N) is 2. The Labute approximate surface area is 98.0 Å². The van der Waals surface area contributed by atoms with Crippen molar-refractivity contribution in [3.8, 4) is 0 Å². The number of rotatable bonds is 1. The molecule has 0 unspecified atom stereocenters. The summed E-state index contributed by atoms with van der Waals surface area (Å²) < 4.78 is 5.31. The number of hydrogen-bond donors (Lipinski definition) is 1. The molecule has 1 fully saturated rings. The second kappa shape index (κ2) is 4.18. The molecule has 2 aromatic rings. The Kier molecular flexibility index (Phi) is 2.53. The number of anilines is 1. The summed E-state index contributed by atoms with van der Waals surface area (Å²) in [7, 11) is 0. The highest BCUT2D eigenvalue weighted by Crippen LogP contribution is 2.21. The topological polar surface area (TPSA) is 58.2 Å². The van der Waals surface area contributed by atoms with Gasteiger partial charge in [0.2, 0.25) is 0 Å². The average molecular weight is 231 g/mol. The molecule has 0 bridgehead atoms. The number of fused-ring (bicyclic) bond motifs is 1. The van der Waals surface area contributed by atoms with Crippen molar-refractivity contribution in [2.45, 2.75) is 0 Å². The highest BCUT2D eigenvalue weighted by molar-refractivity contribution is 5.89. The molecular formula is C12H13N3O2. The molecule has 1 aromatic heterocycles. The molecule has 5 nitrogen and oxygen atoms in total. The van der Waals surface area contributed by atoms with Gasteiger partial charge in [-0.25, -0.2) is 4.79 Å². The third kappa shape index (κ3) is 1.89. The minimum atomic E-state index is -0.301. The van der Waals surface area contributed by atoms with Crippen LogP contribution in [0.15, 0.2) is 29.1 Å². The van der Waals surface area contributed by atoms with E-state index in [0.29, 0.717) is 13.2 Å². The Hall–Kier alpha value is -1.88. The van der Waals surface area contributed by atoms with Gasteiger partial charge >= 0.3 is 5.69 Å². The van der Waals surface area contributed by atoms with Gasteiger partial charge in [-0.2, -0.15) is 4.98 Å². The number of ether oxygens (including phenoxy) is 1. The van der Waals surface area contributed by atoms with Gasteiger partial charge in [0.25, 0.3) is 0 Å². The molecule has 88 valence electrons. The van der Waals surface area contributed by atoms with Gasteiger partial charge in [0.05, 0.1) is 18.7 Å². The minimum Gasteiger partial charge on any atom is -0.378 e. The van der Waals surface area contributed by atoms with E-state index < -0.39 is 0 Å². The molecule has 1 aromatic carbocycles. The lowest BCUT2D eigenvalue weighted by atomic mass is 10.2. The molecule has 1 aliphatic heterocycles. The smallest absolute Gasteiger partial charge is 0.347 e. The summed E-state index contributed by atoms with van der Waals surface area (Å²) in [6, 6.07) is 7.72. The number of nitrogens with one attached hydrogen (secondary N) is 1. The molecular weight excluding hydrogens is 218 g/mol. The van der Waals surface area contributed by atoms with E-state index in [-0.39, 0.29) is 5.69 Å². The number of aromatic amines is 1. The first-order valence-electron chi connectivity index (χ1n) is 5.66. The van der Waals surface area contributed by atoms with Gasteiger partial charge in [-0.15, -0.1) is 0 Å². The molecule has 5 heteroatoms. The largest absolute Gasteiger partial charge is 0.378 e. The number of para-hydroxylation sites is 1. The Balaban J connectivity index is 2.16. The van der Waals surface area contributed by atoms with E-state index >= 15 is 0 Å². The van der Waals surface area contributed by atoms with E-state index in [1.165, 1.54) is 0 Å². The Morgan fingerprint density at radius 1 is 1.24 bits per heavy atom. The monoisotopic (exact) mass is 231 g/mol. The molecule has 1 N–H and O–H groups in total. The molecule has 0 amide bonds. The summed E-state index contributed by atoms with van der Waals surface area (Å²) in [5.41, 5.74) is 0.527. The van der Waals surface area contributed by atoms with Gasteiger partial charge in [-0.3, -0.25) is 0 Å². The zero-order valence-corrected chi connectivity index (χ0v) is 9.35. The van der Waals surface area contributed by atoms with Gasteiger partial charge in [0.15, 0.2) is 0 Å². The fourth-order valence-electron chi connectivity index (χ4n) is 2.10. The normalized spacial score (nSPS) is 16.4. The zero-order valence-electron chi connectivity index (χ0n) is 9.35. The van der Waals surface area contributed by atoms with E-state index in [0.717, 1.165) is 29.8 Å². The predicted octanol–water partition coefficient (Wildman–Crippen LogP) is 0.760. The highest BCUT2D eigenvalue weighted by Gasteiger charge is 2.15. The van der Waals surface area contributed by atoms with E-state index in [2.05, 4.69) is 14.9 Å². The standard InChI is InChI=1S/C12H13N3O2/c16-12-13-10-4-2-1-3-9(10)11(14-12)15-5-7-17-8-6-15/h1-4H,5-8H2,(H,13,14,16). The van der Waals surface area contributed by atoms with Crippen molar-refractivity contribution in [3.05, 3.63) is 34.7 Å². The van der Waals surface area contributed by atoms with Crippen molar-refractivity contribution >= 4 is 16.7 Å². The maximum absolute atomic E-state index is 11.5. The van der Waals surface area contributed by atoms with Crippen molar-refractivity contribution in [1.29, 1.82) is 0 Å². The third-order valence-electron chi connectivity index (χ3n) is 2.93. The molecule has 1 saturated heterocycles. The van der Waals surface area contributed by atoms with Gasteiger partial charge in [0, 0.05) is 18.5 Å². The van der Waals surface area contributed by atoms with Crippen molar-refractivity contribution in [1.82, 2.24) is 9.97 Å². The Bertz CT molecular complexity index is 588. The Morgan fingerprint density at radius 2 is 2.00 bits per heavy atom. The van der Waals surface area contributed by atoms with Crippen LogP contribution in [0.25, 0.3) is 10.9 Å². The van der Waals surface area contributed by atoms with E-state index in [1.54, 1.807) is 0 Å². The van der Waals surface area contributed by atoms with E-state index in [4.69, 9.17) is 4.74 Å². The summed E-state index contributed by atoms with van der Waals surface area (Å²) in [6.45, 7) is 2.92. The lowest BCUT2D eigenvalue weighted by molar-refractivity contribution is 0.122. The van der Waals surface area contributed by atoms with Crippen LogP contribution in [-0.2, 0) is 4.74 Å². The first kappa shape index (κ1) is 10.3. The molecule has 0 radical (unpaired) electrons. The summed E-state index contributed by atoms with van der Waals surface area (Å²) >= 11 is 0. The quantitative estimate of drug-likeness (QED) is 0.787. The summed E-state index contributed by atoms with van der Waals surface area (Å²) in [5.74, 6) is 0.757. The predicted molar refractivity (Wildman–Crippen MR) is 65.4 cm³/mol. The van der Waals surface area contributed by atoms with Gasteiger partial charge in [-0.05, 0) is 12.1 Å². The van der Waals surface area contributed by atoms with Gasteiger partial charge in [-0.1, -0.05) is 12.1 Å². The number of H-pyrrole nitrogens is 1. The van der Waals surface area contributed by atoms with Crippen LogP contribution in [0.5, 0.6) is 0 Å². The fraction of sp³-hybridized carbons (Fsp3) is 0.333. The van der Waals surface area contributed by atoms with Crippen LogP contribution in [0.4, 0.5) is 5.82 Å². The van der Waals surface area contributed by atoms with Crippen molar-refractivity contribution < 1.29 is 4.74 Å². The van der Waals surface area contributed by atoms with Crippen molar-refractivity contribution in [2.75, 3.05) is 31.2 Å². The van der Waals surface area contributed by atoms with Crippen LogP contribution in [0.3, 0.4) is 0 Å². The van der Waals surface area contributed by atoms with Crippen LogP contribution in [0, 0.1) is 0 Å². The van der Waals surface area contributed by atoms with Crippen LogP contribution in [-0.4, -0.2) is 36.3 Å². The lowest BCUT2D eigenvalue weighted by Crippen LogP contribution is -2.37. The minimum absolute atomic E-state index is 0.301. The van der Waals surface area contributed by atoms with E-state index in [1.807, 2.05) is 24.3 Å². The zero-order chi connectivity index (χ0) is 11.7. The highest BCUT2D eigenvalue weighted by atomic mass is 16.5. The SMILES string of the molecule is O=c1nc(N2CCOCC2)c2ccccc2[nH]1. The number of morpholine rings is 1. The van der Waals surface area contributed by atoms with Crippen LogP contribution in [0.2, 0.25) is 0 Å². The van der Waals surface area contributed by atoms with Gasteiger partial charge in [0.1, 0.15) is 5.82 Å². The Morgan fingerprint density at radius 3 is 2.82 bits per heavy atom. The fourth-order valence-corrected chi connectivity index (χ4v) is 2.10. The maximum atomic E-state index is 11.5. The summed E-state index contributed by atoms with van der Waals surface area (Å²) in [5, 5.41) is 0.981. The van der Waals surface area contributed by atoms with Crippen molar-refractivity contribution in [3.63, 3.8) is 0 Å². The maximum Gasteiger partial charge on any atom is 0.347 e. The first-order valence-corrected chi connectivity index (χ1v) is 5.66. The first-order chi connectivity index (χ1) is 8.34. The van der Waals surface area contributed by atoms with Crippen molar-refractivity contribution in [2.24, 2.45) is 0 Å². The molecule has 0 aliphatic carbocycles. The summed E-state index contributed by atoms with van der Waals surface area (Å²) in [4.78, 5) is 20.4. The number of aromatic nitrogens is 2.